The first-order chi connectivity index (χ1) is 13.4. The Labute approximate surface area is 163 Å². The van der Waals surface area contributed by atoms with Gasteiger partial charge in [-0.25, -0.2) is 0 Å². The molecule has 0 saturated carbocycles. The molecule has 1 aliphatic rings. The van der Waals surface area contributed by atoms with Crippen LogP contribution in [0.4, 0.5) is 0 Å². The van der Waals surface area contributed by atoms with Crippen LogP contribution in [0.3, 0.4) is 0 Å². The van der Waals surface area contributed by atoms with Crippen molar-refractivity contribution in [3.05, 3.63) is 71.9 Å². The van der Waals surface area contributed by atoms with E-state index >= 15 is 0 Å². The van der Waals surface area contributed by atoms with Gasteiger partial charge < -0.3 is 5.11 Å². The maximum absolute atomic E-state index is 13.3. The molecular weight excluding hydrogens is 346 g/mol. The van der Waals surface area contributed by atoms with E-state index in [0.717, 1.165) is 50.5 Å². The van der Waals surface area contributed by atoms with E-state index in [9.17, 15) is 9.90 Å². The van der Waals surface area contributed by atoms with E-state index in [2.05, 4.69) is 32.0 Å². The van der Waals surface area contributed by atoms with Crippen LogP contribution >= 0.6 is 0 Å². The van der Waals surface area contributed by atoms with Crippen molar-refractivity contribution in [2.45, 2.75) is 26.7 Å². The third-order valence-corrected chi connectivity index (χ3v) is 5.67. The molecule has 3 heteroatoms. The van der Waals surface area contributed by atoms with Gasteiger partial charge in [0, 0.05) is 22.9 Å². The van der Waals surface area contributed by atoms with Crippen molar-refractivity contribution in [3.8, 4) is 16.9 Å². The summed E-state index contributed by atoms with van der Waals surface area (Å²) in [6.45, 7) is 4.25. The summed E-state index contributed by atoms with van der Waals surface area (Å²) in [5.41, 5.74) is 4.32. The predicted molar refractivity (Wildman–Crippen MR) is 113 cm³/mol. The minimum atomic E-state index is -0.0895. The second kappa shape index (κ2) is 5.90. The molecule has 0 saturated heterocycles. The van der Waals surface area contributed by atoms with Gasteiger partial charge in [0.15, 0.2) is 5.78 Å². The monoisotopic (exact) mass is 367 g/mol. The van der Waals surface area contributed by atoms with Crippen molar-refractivity contribution in [1.82, 2.24) is 4.98 Å². The predicted octanol–water partition coefficient (Wildman–Crippen LogP) is 5.92. The lowest BCUT2D eigenvalue weighted by Gasteiger charge is -2.31. The van der Waals surface area contributed by atoms with Crippen molar-refractivity contribution in [3.63, 3.8) is 0 Å². The summed E-state index contributed by atoms with van der Waals surface area (Å²) in [7, 11) is 0. The van der Waals surface area contributed by atoms with Crippen molar-refractivity contribution >= 4 is 27.5 Å². The van der Waals surface area contributed by atoms with Crippen LogP contribution in [0.1, 0.15) is 36.3 Å². The number of fused-ring (bicyclic) bond motifs is 4. The number of nitrogens with zero attached hydrogens (tertiary/aromatic N) is 1. The molecule has 1 aliphatic carbocycles. The van der Waals surface area contributed by atoms with Gasteiger partial charge in [-0.2, -0.15) is 0 Å². The number of carbonyl (C=O) groups is 1. The number of pyridine rings is 1. The van der Waals surface area contributed by atoms with Gasteiger partial charge in [-0.15, -0.1) is 0 Å². The van der Waals surface area contributed by atoms with Crippen LogP contribution < -0.4 is 0 Å². The van der Waals surface area contributed by atoms with Crippen LogP contribution in [0.15, 0.2) is 60.7 Å². The molecule has 0 atom stereocenters. The van der Waals surface area contributed by atoms with Crippen LogP contribution in [-0.4, -0.2) is 15.9 Å². The van der Waals surface area contributed by atoms with E-state index in [1.54, 1.807) is 12.1 Å². The average Bonchev–Trinajstić information content (AvgIpc) is 2.66. The zero-order valence-electron chi connectivity index (χ0n) is 16.0. The summed E-state index contributed by atoms with van der Waals surface area (Å²) in [5.74, 6) is 0.366. The minimum absolute atomic E-state index is 0.0895. The Morgan fingerprint density at radius 2 is 1.64 bits per heavy atom. The third kappa shape index (κ3) is 2.58. The number of Topliss-reactive ketones (excluding diaryl/α,β-unsaturated/α-hetero) is 1. The Morgan fingerprint density at radius 1 is 0.893 bits per heavy atom. The Kier molecular flexibility index (Phi) is 3.57. The molecule has 28 heavy (non-hydrogen) atoms. The molecule has 0 bridgehead atoms. The topological polar surface area (TPSA) is 50.2 Å². The number of hydrogen-bond acceptors (Lipinski definition) is 3. The molecule has 0 unspecified atom stereocenters. The zero-order valence-corrected chi connectivity index (χ0v) is 16.0. The van der Waals surface area contributed by atoms with E-state index in [4.69, 9.17) is 4.98 Å². The van der Waals surface area contributed by atoms with Crippen molar-refractivity contribution in [2.24, 2.45) is 5.41 Å². The van der Waals surface area contributed by atoms with Crippen LogP contribution in [0, 0.1) is 5.41 Å². The van der Waals surface area contributed by atoms with Crippen LogP contribution in [0.25, 0.3) is 32.8 Å². The second-order valence-corrected chi connectivity index (χ2v) is 8.48. The maximum Gasteiger partial charge on any atom is 0.165 e. The van der Waals surface area contributed by atoms with Gasteiger partial charge in [-0.3, -0.25) is 9.78 Å². The summed E-state index contributed by atoms with van der Waals surface area (Å²) >= 11 is 0. The van der Waals surface area contributed by atoms with Crippen molar-refractivity contribution in [2.75, 3.05) is 0 Å². The fourth-order valence-electron chi connectivity index (χ4n) is 4.47. The molecule has 1 heterocycles. The first kappa shape index (κ1) is 16.9. The number of rotatable bonds is 1. The summed E-state index contributed by atoms with van der Waals surface area (Å²) < 4.78 is 0. The van der Waals surface area contributed by atoms with Gasteiger partial charge in [-0.1, -0.05) is 56.3 Å². The molecule has 0 amide bonds. The second-order valence-electron chi connectivity index (χ2n) is 8.48. The average molecular weight is 367 g/mol. The Morgan fingerprint density at radius 3 is 2.43 bits per heavy atom. The molecule has 3 aromatic carbocycles. The number of aromatic hydroxyl groups is 1. The standard InChI is InChI=1S/C25H21NO2/c1-25(2)13-20-24(21(28)14-25)22(16-7-10-17(27)11-8-16)23-18-6-4-3-5-15(18)9-12-19(23)26-20/h3-12,27H,13-14H2,1-2H3. The summed E-state index contributed by atoms with van der Waals surface area (Å²) in [6.07, 6.45) is 1.30. The van der Waals surface area contributed by atoms with Crippen molar-refractivity contribution in [1.29, 1.82) is 0 Å². The molecule has 0 radical (unpaired) electrons. The van der Waals surface area contributed by atoms with Crippen LogP contribution in [0.2, 0.25) is 0 Å². The maximum atomic E-state index is 13.3. The molecule has 0 spiro atoms. The highest BCUT2D eigenvalue weighted by Gasteiger charge is 2.35. The molecule has 5 rings (SSSR count). The van der Waals surface area contributed by atoms with E-state index in [1.807, 2.05) is 30.3 Å². The number of ketones is 1. The van der Waals surface area contributed by atoms with Crippen LogP contribution in [0.5, 0.6) is 5.75 Å². The lowest BCUT2D eigenvalue weighted by atomic mass is 9.73. The third-order valence-electron chi connectivity index (χ3n) is 5.67. The van der Waals surface area contributed by atoms with Gasteiger partial charge >= 0.3 is 0 Å². The lowest BCUT2D eigenvalue weighted by molar-refractivity contribution is 0.0911. The van der Waals surface area contributed by atoms with E-state index in [1.165, 1.54) is 0 Å². The number of benzene rings is 3. The Balaban J connectivity index is 1.97. The fourth-order valence-corrected chi connectivity index (χ4v) is 4.47. The largest absolute Gasteiger partial charge is 0.508 e. The molecule has 4 aromatic rings. The summed E-state index contributed by atoms with van der Waals surface area (Å²) in [6, 6.07) is 19.5. The minimum Gasteiger partial charge on any atom is -0.508 e. The van der Waals surface area contributed by atoms with Crippen LogP contribution in [-0.2, 0) is 6.42 Å². The smallest absolute Gasteiger partial charge is 0.165 e. The molecule has 0 fully saturated rings. The summed E-state index contributed by atoms with van der Waals surface area (Å²) in [5, 5.41) is 13.0. The SMILES string of the molecule is CC1(C)CC(=O)c2c(nc3ccc4ccccc4c3c2-c2ccc(O)cc2)C1. The highest BCUT2D eigenvalue weighted by atomic mass is 16.3. The quantitative estimate of drug-likeness (QED) is 0.425. The lowest BCUT2D eigenvalue weighted by Crippen LogP contribution is -2.28. The number of phenols is 1. The molecular formula is C25H21NO2. The van der Waals surface area contributed by atoms with E-state index in [0.29, 0.717) is 6.42 Å². The Hall–Kier alpha value is -3.20. The molecule has 138 valence electrons. The zero-order chi connectivity index (χ0) is 19.5. The van der Waals surface area contributed by atoms with E-state index < -0.39 is 0 Å². The van der Waals surface area contributed by atoms with Gasteiger partial charge in [0.25, 0.3) is 0 Å². The number of carbonyl (C=O) groups excluding carboxylic acids is 1. The normalized spacial score (nSPS) is 15.7. The van der Waals surface area contributed by atoms with Gasteiger partial charge in [-0.05, 0) is 46.4 Å². The Bertz CT molecular complexity index is 1250. The van der Waals surface area contributed by atoms with Gasteiger partial charge in [0.05, 0.1) is 11.2 Å². The van der Waals surface area contributed by atoms with Gasteiger partial charge in [0.1, 0.15) is 5.75 Å². The first-order valence-corrected chi connectivity index (χ1v) is 9.60. The van der Waals surface area contributed by atoms with Crippen molar-refractivity contribution < 1.29 is 9.90 Å². The number of hydrogen-bond donors (Lipinski definition) is 1. The van der Waals surface area contributed by atoms with Gasteiger partial charge in [0.2, 0.25) is 0 Å². The molecule has 1 aromatic heterocycles. The molecule has 0 aliphatic heterocycles. The fraction of sp³-hybridized carbons (Fsp3) is 0.200. The molecule has 3 nitrogen and oxygen atoms in total. The summed E-state index contributed by atoms with van der Waals surface area (Å²) in [4.78, 5) is 18.2. The number of phenolic OH excluding ortho intramolecular Hbond substituents is 1. The first-order valence-electron chi connectivity index (χ1n) is 9.60. The highest BCUT2D eigenvalue weighted by Crippen LogP contribution is 2.43. The van der Waals surface area contributed by atoms with E-state index in [-0.39, 0.29) is 16.9 Å². The molecule has 1 N–H and O–H groups in total. The number of aromatic nitrogens is 1. The highest BCUT2D eigenvalue weighted by molar-refractivity contribution is 6.19.